The molecule has 0 spiro atoms. The first-order valence-corrected chi connectivity index (χ1v) is 6.32. The van der Waals surface area contributed by atoms with Crippen LogP contribution in [0.2, 0.25) is 0 Å². The Morgan fingerprint density at radius 3 is 2.25 bits per heavy atom. The average Bonchev–Trinajstić information content (AvgIpc) is 1.16. The van der Waals surface area contributed by atoms with E-state index >= 15 is 0 Å². The highest BCUT2D eigenvalue weighted by molar-refractivity contribution is 14.2. The summed E-state index contributed by atoms with van der Waals surface area (Å²) in [5, 5.41) is -0.0110. The number of hydrogen-bond acceptors (Lipinski definition) is 3. The van der Waals surface area contributed by atoms with Crippen LogP contribution in [-0.2, 0) is 11.6 Å². The third-order valence-electron chi connectivity index (χ3n) is 1.04. The molecule has 1 N–H and O–H groups in total. The number of hydrogen-bond donors (Lipinski definition) is 1. The quantitative estimate of drug-likeness (QED) is 0.550. The topological polar surface area (TPSA) is 50.2 Å². The normalized spacial score (nSPS) is 28.6. The summed E-state index contributed by atoms with van der Waals surface area (Å²) in [4.78, 5) is 0. The SMILES string of the molecule is N=S(=O)(I)C1COC1. The van der Waals surface area contributed by atoms with Gasteiger partial charge in [0.05, 0.1) is 18.5 Å². The predicted molar refractivity (Wildman–Crippen MR) is 39.5 cm³/mol. The molecule has 0 radical (unpaired) electrons. The first-order valence-electron chi connectivity index (χ1n) is 2.15. The molecule has 1 fully saturated rings. The molecular weight excluding hydrogens is 241 g/mol. The highest BCUT2D eigenvalue weighted by atomic mass is 127. The molecule has 0 saturated carbocycles. The summed E-state index contributed by atoms with van der Waals surface area (Å²) < 4.78 is 22.5. The molecule has 1 rings (SSSR count). The maximum atomic E-state index is 10.7. The summed E-state index contributed by atoms with van der Waals surface area (Å²) in [6, 6.07) is 0. The Morgan fingerprint density at radius 2 is 2.25 bits per heavy atom. The van der Waals surface area contributed by atoms with Crippen LogP contribution in [0.25, 0.3) is 0 Å². The van der Waals surface area contributed by atoms with Gasteiger partial charge >= 0.3 is 0 Å². The zero-order valence-electron chi connectivity index (χ0n) is 4.09. The summed E-state index contributed by atoms with van der Waals surface area (Å²) in [6.45, 7) is -1.31. The van der Waals surface area contributed by atoms with Gasteiger partial charge in [0, 0.05) is 21.2 Å². The number of rotatable bonds is 1. The molecule has 1 atom stereocenters. The van der Waals surface area contributed by atoms with Gasteiger partial charge in [-0.3, -0.25) is 0 Å². The summed E-state index contributed by atoms with van der Waals surface area (Å²) in [5.41, 5.74) is 0. The minimum atomic E-state index is -2.32. The van der Waals surface area contributed by atoms with E-state index in [1.165, 1.54) is 0 Å². The smallest absolute Gasteiger partial charge is 0.106 e. The van der Waals surface area contributed by atoms with Crippen LogP contribution in [0.1, 0.15) is 0 Å². The van der Waals surface area contributed by atoms with Crippen LogP contribution in [0.15, 0.2) is 0 Å². The van der Waals surface area contributed by atoms with Gasteiger partial charge in [0.2, 0.25) is 0 Å². The first kappa shape index (κ1) is 6.76. The average molecular weight is 247 g/mol. The Morgan fingerprint density at radius 1 is 1.75 bits per heavy atom. The largest absolute Gasteiger partial charge is 0.379 e. The Labute approximate surface area is 60.4 Å². The Balaban J connectivity index is 2.60. The van der Waals surface area contributed by atoms with Crippen LogP contribution in [0, 0.1) is 4.78 Å². The van der Waals surface area contributed by atoms with E-state index in [4.69, 9.17) is 9.52 Å². The van der Waals surface area contributed by atoms with Crippen molar-refractivity contribution >= 4 is 28.1 Å². The number of ether oxygens (including phenoxy) is 1. The van der Waals surface area contributed by atoms with Gasteiger partial charge in [0.1, 0.15) is 6.90 Å². The van der Waals surface area contributed by atoms with E-state index in [2.05, 4.69) is 0 Å². The van der Waals surface area contributed by atoms with E-state index in [1.54, 1.807) is 21.2 Å². The molecule has 0 aromatic rings. The Hall–Kier alpha value is 0.640. The second-order valence-corrected chi connectivity index (χ2v) is 7.33. The summed E-state index contributed by atoms with van der Waals surface area (Å²) in [7, 11) is 0. The molecule has 0 aliphatic carbocycles. The van der Waals surface area contributed by atoms with Crippen molar-refractivity contribution in [3.8, 4) is 0 Å². The van der Waals surface area contributed by atoms with Gasteiger partial charge in [0.25, 0.3) is 0 Å². The second-order valence-electron chi connectivity index (χ2n) is 1.69. The Bertz CT molecular complexity index is 172. The van der Waals surface area contributed by atoms with Crippen molar-refractivity contribution in [3.63, 3.8) is 0 Å². The van der Waals surface area contributed by atoms with Gasteiger partial charge in [0.15, 0.2) is 0 Å². The molecule has 48 valence electrons. The molecule has 1 unspecified atom stereocenters. The van der Waals surface area contributed by atoms with E-state index in [9.17, 15) is 4.21 Å². The van der Waals surface area contributed by atoms with Gasteiger partial charge in [-0.05, 0) is 0 Å². The third kappa shape index (κ3) is 1.32. The second kappa shape index (κ2) is 2.11. The van der Waals surface area contributed by atoms with Crippen LogP contribution in [0.3, 0.4) is 0 Å². The number of nitrogens with one attached hydrogen (secondary N) is 1. The lowest BCUT2D eigenvalue weighted by atomic mass is 10.4. The van der Waals surface area contributed by atoms with E-state index in [-0.39, 0.29) is 5.25 Å². The molecule has 1 saturated heterocycles. The molecule has 0 aromatic heterocycles. The molecule has 0 bridgehead atoms. The van der Waals surface area contributed by atoms with Crippen molar-refractivity contribution in [1.29, 1.82) is 4.78 Å². The molecule has 3 nitrogen and oxygen atoms in total. The highest BCUT2D eigenvalue weighted by Crippen LogP contribution is 2.18. The molecular formula is C3H6INO2S. The fraction of sp³-hybridized carbons (Fsp3) is 1.00. The molecule has 5 heteroatoms. The van der Waals surface area contributed by atoms with E-state index in [0.29, 0.717) is 13.2 Å². The molecule has 8 heavy (non-hydrogen) atoms. The summed E-state index contributed by atoms with van der Waals surface area (Å²) in [6.07, 6.45) is 0. The minimum Gasteiger partial charge on any atom is -0.379 e. The fourth-order valence-corrected chi connectivity index (χ4v) is 1.81. The molecule has 0 aromatic carbocycles. The van der Waals surface area contributed by atoms with Gasteiger partial charge < -0.3 is 4.74 Å². The van der Waals surface area contributed by atoms with Crippen LogP contribution >= 0.6 is 21.2 Å². The van der Waals surface area contributed by atoms with E-state index in [0.717, 1.165) is 0 Å². The fourth-order valence-electron chi connectivity index (χ4n) is 0.389. The van der Waals surface area contributed by atoms with Crippen LogP contribution in [-0.4, -0.2) is 22.7 Å². The highest BCUT2D eigenvalue weighted by Gasteiger charge is 2.26. The molecule has 0 amide bonds. The van der Waals surface area contributed by atoms with Crippen molar-refractivity contribution in [1.82, 2.24) is 0 Å². The zero-order chi connectivity index (χ0) is 6.20. The molecule has 1 heterocycles. The first-order chi connectivity index (χ1) is 3.61. The summed E-state index contributed by atoms with van der Waals surface area (Å²) >= 11 is 1.67. The van der Waals surface area contributed by atoms with E-state index in [1.807, 2.05) is 0 Å². The van der Waals surface area contributed by atoms with E-state index < -0.39 is 6.90 Å². The van der Waals surface area contributed by atoms with Crippen molar-refractivity contribution in [2.24, 2.45) is 0 Å². The lowest BCUT2D eigenvalue weighted by molar-refractivity contribution is 0.0437. The van der Waals surface area contributed by atoms with Crippen molar-refractivity contribution in [3.05, 3.63) is 0 Å². The van der Waals surface area contributed by atoms with Crippen molar-refractivity contribution < 1.29 is 8.95 Å². The van der Waals surface area contributed by atoms with Crippen LogP contribution < -0.4 is 0 Å². The standard InChI is InChI=1S/C3H6INO2S/c4-8(5,6)3-1-7-2-3/h3,5H,1-2H2. The van der Waals surface area contributed by atoms with Crippen LogP contribution in [0.4, 0.5) is 0 Å². The summed E-state index contributed by atoms with van der Waals surface area (Å²) in [5.74, 6) is 0. The Kier molecular flexibility index (Phi) is 1.78. The molecule has 1 aliphatic rings. The lowest BCUT2D eigenvalue weighted by Gasteiger charge is -2.24. The minimum absolute atomic E-state index is 0.0110. The predicted octanol–water partition coefficient (Wildman–Crippen LogP) is 0.782. The van der Waals surface area contributed by atoms with Gasteiger partial charge in [-0.15, -0.1) is 0 Å². The lowest BCUT2D eigenvalue weighted by Crippen LogP contribution is -2.37. The van der Waals surface area contributed by atoms with Crippen molar-refractivity contribution in [2.75, 3.05) is 13.2 Å². The monoisotopic (exact) mass is 247 g/mol. The third-order valence-corrected chi connectivity index (χ3v) is 4.32. The number of halogens is 1. The maximum absolute atomic E-state index is 10.7. The van der Waals surface area contributed by atoms with Gasteiger partial charge in [-0.1, -0.05) is 0 Å². The van der Waals surface area contributed by atoms with Crippen molar-refractivity contribution in [2.45, 2.75) is 5.25 Å². The van der Waals surface area contributed by atoms with Gasteiger partial charge in [-0.25, -0.2) is 8.99 Å². The maximum Gasteiger partial charge on any atom is 0.106 e. The van der Waals surface area contributed by atoms with Gasteiger partial charge in [-0.2, -0.15) is 0 Å². The molecule has 1 aliphatic heterocycles. The zero-order valence-corrected chi connectivity index (χ0v) is 7.07. The van der Waals surface area contributed by atoms with Crippen LogP contribution in [0.5, 0.6) is 0 Å².